The second-order valence-corrected chi connectivity index (χ2v) is 14.9. The van der Waals surface area contributed by atoms with Crippen LogP contribution in [0.3, 0.4) is 0 Å². The van der Waals surface area contributed by atoms with Gasteiger partial charge in [0.2, 0.25) is 5.78 Å². The number of phenols is 2. The number of fused-ring (bicyclic) bond motifs is 6. The number of carbonyl (C=O) groups is 3. The Hall–Kier alpha value is -3.71. The maximum absolute atomic E-state index is 14.1. The minimum Gasteiger partial charge on any atom is -0.507 e. The molecule has 2 aliphatic carbocycles. The fourth-order valence-corrected chi connectivity index (χ4v) is 9.11. The summed E-state index contributed by atoms with van der Waals surface area (Å²) in [7, 11) is 2.93. The molecule has 8 atom stereocenters. The van der Waals surface area contributed by atoms with Crippen LogP contribution in [-0.4, -0.2) is 152 Å². The van der Waals surface area contributed by atoms with Crippen molar-refractivity contribution >= 4 is 17.5 Å². The van der Waals surface area contributed by atoms with Gasteiger partial charge >= 0.3 is 0 Å². The highest BCUT2D eigenvalue weighted by atomic mass is 16.7. The first-order chi connectivity index (χ1) is 26.0. The van der Waals surface area contributed by atoms with Gasteiger partial charge in [-0.05, 0) is 26.0 Å². The van der Waals surface area contributed by atoms with E-state index in [9.17, 15) is 29.7 Å². The number of hydrogen-bond acceptors (Lipinski definition) is 15. The number of carbonyl (C=O) groups excluding carboxylic acids is 3. The van der Waals surface area contributed by atoms with Crippen molar-refractivity contribution < 1.29 is 58.1 Å². The topological polar surface area (TPSA) is 198 Å². The van der Waals surface area contributed by atoms with Crippen molar-refractivity contribution in [3.63, 3.8) is 0 Å². The number of phenolic OH excluding ortho intramolecular Hbond substituents is 2. The quantitative estimate of drug-likeness (QED) is 0.150. The lowest BCUT2D eigenvalue weighted by Gasteiger charge is -2.43. The number of methoxy groups -OCH3 is 2. The predicted octanol–water partition coefficient (Wildman–Crippen LogP) is 0.561. The van der Waals surface area contributed by atoms with Crippen LogP contribution in [-0.2, 0) is 34.9 Å². The Kier molecular flexibility index (Phi) is 10.2. The van der Waals surface area contributed by atoms with Crippen LogP contribution in [0.4, 0.5) is 0 Å². The fourth-order valence-electron chi connectivity index (χ4n) is 9.11. The van der Waals surface area contributed by atoms with E-state index in [0.29, 0.717) is 32.5 Å². The van der Waals surface area contributed by atoms with Crippen LogP contribution in [0, 0.1) is 0 Å². The molecule has 0 aromatic heterocycles. The number of benzene rings is 2. The molecule has 0 bridgehead atoms. The summed E-state index contributed by atoms with van der Waals surface area (Å²) in [5.41, 5.74) is -3.01. The minimum absolute atomic E-state index is 0.00217. The van der Waals surface area contributed by atoms with Crippen LogP contribution in [0.15, 0.2) is 18.2 Å². The molecule has 2 aromatic carbocycles. The van der Waals surface area contributed by atoms with E-state index in [1.54, 1.807) is 13.2 Å². The zero-order chi connectivity index (χ0) is 37.9. The number of piperazine rings is 1. The second-order valence-electron chi connectivity index (χ2n) is 14.9. The monoisotopic (exact) mass is 752 g/mol. The summed E-state index contributed by atoms with van der Waals surface area (Å²) in [5.74, 6) is -3.14. The molecule has 0 spiro atoms. The molecule has 54 heavy (non-hydrogen) atoms. The largest absolute Gasteiger partial charge is 0.507 e. The van der Waals surface area contributed by atoms with Crippen LogP contribution in [0.1, 0.15) is 75.3 Å². The van der Waals surface area contributed by atoms with Gasteiger partial charge in [-0.25, -0.2) is 0 Å². The summed E-state index contributed by atoms with van der Waals surface area (Å²) in [6, 6.07) is 4.38. The molecule has 4 aliphatic heterocycles. The van der Waals surface area contributed by atoms with Gasteiger partial charge in [-0.1, -0.05) is 12.1 Å². The zero-order valence-corrected chi connectivity index (χ0v) is 30.7. The van der Waals surface area contributed by atoms with Gasteiger partial charge in [-0.15, -0.1) is 0 Å². The molecule has 2 aromatic rings. The fraction of sp³-hybridized carbons (Fsp3) is 0.605. The number of nitrogens with zero attached hydrogens (tertiary/aromatic N) is 2. The van der Waals surface area contributed by atoms with E-state index in [2.05, 4.69) is 20.4 Å². The third-order valence-electron chi connectivity index (χ3n) is 11.7. The molecule has 6 aliphatic rings. The van der Waals surface area contributed by atoms with Crippen LogP contribution >= 0.6 is 0 Å². The van der Waals surface area contributed by atoms with Gasteiger partial charge in [-0.2, -0.15) is 0 Å². The molecule has 4 fully saturated rings. The summed E-state index contributed by atoms with van der Waals surface area (Å²) in [5, 5.41) is 42.2. The van der Waals surface area contributed by atoms with Crippen LogP contribution < -0.4 is 15.4 Å². The zero-order valence-electron chi connectivity index (χ0n) is 30.7. The SMILES string of the molecule is COc1cccc2c1C(=O)c1c(O)c3c(c(O)c1C2=O)C[C@@](O)(C(=O)NCCCN1CCNCC1)C[C@@H]3O[C@H]1C[C@H]2[C@H](O[C@@H]3[C@@H](OC)OCCN32)[C@H](C)O1. The van der Waals surface area contributed by atoms with E-state index >= 15 is 0 Å². The van der Waals surface area contributed by atoms with Crippen molar-refractivity contribution in [1.82, 2.24) is 20.4 Å². The van der Waals surface area contributed by atoms with Crippen molar-refractivity contribution in [2.75, 3.05) is 66.6 Å². The highest BCUT2D eigenvalue weighted by molar-refractivity contribution is 6.31. The van der Waals surface area contributed by atoms with Crippen LogP contribution in [0.25, 0.3) is 0 Å². The van der Waals surface area contributed by atoms with Gasteiger partial charge in [0.15, 0.2) is 24.6 Å². The van der Waals surface area contributed by atoms with Crippen molar-refractivity contribution in [3.8, 4) is 17.2 Å². The molecule has 16 heteroatoms. The third-order valence-corrected chi connectivity index (χ3v) is 11.7. The Morgan fingerprint density at radius 3 is 2.59 bits per heavy atom. The smallest absolute Gasteiger partial charge is 0.252 e. The van der Waals surface area contributed by atoms with Crippen molar-refractivity contribution in [2.24, 2.45) is 0 Å². The van der Waals surface area contributed by atoms with E-state index in [-0.39, 0.29) is 46.6 Å². The molecule has 1 amide bonds. The normalized spacial score (nSPS) is 32.3. The van der Waals surface area contributed by atoms with Gasteiger partial charge < -0.3 is 59.3 Å². The van der Waals surface area contributed by atoms with Gasteiger partial charge in [0, 0.05) is 88.4 Å². The molecular formula is C38H48N4O12. The lowest BCUT2D eigenvalue weighted by Crippen LogP contribution is -2.55. The lowest BCUT2D eigenvalue weighted by atomic mass is 9.72. The number of rotatable bonds is 9. The van der Waals surface area contributed by atoms with E-state index in [1.165, 1.54) is 19.2 Å². The Bertz CT molecular complexity index is 1820. The van der Waals surface area contributed by atoms with Gasteiger partial charge in [0.1, 0.15) is 29.0 Å². The average molecular weight is 753 g/mol. The first-order valence-corrected chi connectivity index (χ1v) is 18.7. The van der Waals surface area contributed by atoms with Crippen LogP contribution in [0.2, 0.25) is 0 Å². The molecule has 8 rings (SSSR count). The summed E-state index contributed by atoms with van der Waals surface area (Å²) in [4.78, 5) is 46.4. The Morgan fingerprint density at radius 2 is 1.83 bits per heavy atom. The number of ether oxygens (including phenoxy) is 6. The Morgan fingerprint density at radius 1 is 1.06 bits per heavy atom. The molecule has 0 radical (unpaired) electrons. The maximum Gasteiger partial charge on any atom is 0.252 e. The molecule has 4 saturated heterocycles. The van der Waals surface area contributed by atoms with Crippen molar-refractivity contribution in [3.05, 3.63) is 51.6 Å². The van der Waals surface area contributed by atoms with Gasteiger partial charge in [0.05, 0.1) is 42.6 Å². The minimum atomic E-state index is -2.12. The molecule has 292 valence electrons. The molecule has 4 heterocycles. The average Bonchev–Trinajstić information content (AvgIpc) is 3.56. The number of amides is 1. The maximum atomic E-state index is 14.1. The highest BCUT2D eigenvalue weighted by Gasteiger charge is 2.55. The van der Waals surface area contributed by atoms with E-state index in [1.807, 2.05) is 6.92 Å². The number of morpholine rings is 1. The number of aliphatic hydroxyl groups is 1. The Balaban J connectivity index is 1.12. The molecule has 16 nitrogen and oxygen atoms in total. The van der Waals surface area contributed by atoms with E-state index < -0.39 is 83.1 Å². The first kappa shape index (κ1) is 37.2. The standard InChI is InChI=1S/C38H48N4O12/c1-19-34-22(42-14-15-51-36(50-3)35(42)54-34)16-25(52-19)53-24-18-38(48,37(47)40-8-5-11-41-12-9-39-10-13-41)17-21-27(24)33(46)29-28(31(21)44)30(43)20-6-4-7-23(49-2)26(20)32(29)45/h4,6-7,19,22,24-25,34-36,39,44,46,48H,5,8-18H2,1-3H3,(H,40,47)/t19-,22-,24-,25-,34+,35+,36-,38-/m0/s1. The second kappa shape index (κ2) is 14.7. The van der Waals surface area contributed by atoms with E-state index in [4.69, 9.17) is 28.4 Å². The van der Waals surface area contributed by atoms with Gasteiger partial charge in [0.25, 0.3) is 5.91 Å². The van der Waals surface area contributed by atoms with E-state index in [0.717, 1.165) is 32.7 Å². The Labute approximate surface area is 312 Å². The summed E-state index contributed by atoms with van der Waals surface area (Å²) in [6.45, 7) is 7.59. The summed E-state index contributed by atoms with van der Waals surface area (Å²) < 4.78 is 36.0. The molecule has 0 saturated carbocycles. The molecule has 5 N–H and O–H groups in total. The van der Waals surface area contributed by atoms with Crippen molar-refractivity contribution in [2.45, 2.75) is 81.4 Å². The number of aromatic hydroxyl groups is 2. The van der Waals surface area contributed by atoms with Crippen molar-refractivity contribution in [1.29, 1.82) is 0 Å². The summed E-state index contributed by atoms with van der Waals surface area (Å²) in [6.07, 6.45) is -3.76. The number of ketones is 2. The molecule has 0 unspecified atom stereocenters. The lowest BCUT2D eigenvalue weighted by molar-refractivity contribution is -0.256. The predicted molar refractivity (Wildman–Crippen MR) is 189 cm³/mol. The van der Waals surface area contributed by atoms with Gasteiger partial charge in [-0.3, -0.25) is 19.3 Å². The number of hydrogen-bond donors (Lipinski definition) is 5. The highest BCUT2D eigenvalue weighted by Crippen LogP contribution is 2.53. The first-order valence-electron chi connectivity index (χ1n) is 18.7. The molecular weight excluding hydrogens is 704 g/mol. The summed E-state index contributed by atoms with van der Waals surface area (Å²) >= 11 is 0. The number of nitrogens with one attached hydrogen (secondary N) is 2. The van der Waals surface area contributed by atoms with Crippen LogP contribution in [0.5, 0.6) is 17.2 Å². The third kappa shape index (κ3) is 6.27.